The van der Waals surface area contributed by atoms with Gasteiger partial charge in [0, 0.05) is 6.54 Å². The molecule has 1 fully saturated rings. The van der Waals surface area contributed by atoms with Crippen molar-refractivity contribution in [3.63, 3.8) is 0 Å². The number of unbranched alkanes of at least 4 members (excludes halogenated alkanes) is 1. The van der Waals surface area contributed by atoms with Crippen LogP contribution in [0.3, 0.4) is 0 Å². The molecule has 0 saturated carbocycles. The Morgan fingerprint density at radius 1 is 0.865 bits per heavy atom. The van der Waals surface area contributed by atoms with Gasteiger partial charge in [0.25, 0.3) is 0 Å². The zero-order chi connectivity index (χ0) is 27.8. The summed E-state index contributed by atoms with van der Waals surface area (Å²) in [6.45, 7) is -0.241. The van der Waals surface area contributed by atoms with E-state index in [9.17, 15) is 28.8 Å². The standard InChI is InChI=1S/C21H37N9O7/c1-24-7-3-2-5-13-20(37)30-12(6-4-8-25-21(22)23)18(35)26-11-16(32)29-14(9-17(33)34)19(36)27-10-15(31)28-13/h12-14,24H,2-11H2,1H3,(H,26,35)(H,27,36)(H,28,31)(H,29,32)(H,30,37)(H,33,34)(H4,22,23,25). The highest BCUT2D eigenvalue weighted by Crippen LogP contribution is 2.05. The lowest BCUT2D eigenvalue weighted by Crippen LogP contribution is -2.55. The van der Waals surface area contributed by atoms with E-state index in [0.717, 1.165) is 6.42 Å². The Morgan fingerprint density at radius 2 is 1.41 bits per heavy atom. The molecule has 1 saturated heterocycles. The van der Waals surface area contributed by atoms with Crippen molar-refractivity contribution in [2.45, 2.75) is 56.7 Å². The van der Waals surface area contributed by atoms with E-state index < -0.39 is 73.1 Å². The van der Waals surface area contributed by atoms with Crippen molar-refractivity contribution in [1.82, 2.24) is 31.9 Å². The van der Waals surface area contributed by atoms with Gasteiger partial charge in [0.2, 0.25) is 29.5 Å². The molecule has 5 amide bonds. The summed E-state index contributed by atoms with van der Waals surface area (Å²) in [5, 5.41) is 24.1. The molecule has 16 heteroatoms. The second kappa shape index (κ2) is 16.7. The fourth-order valence-electron chi connectivity index (χ4n) is 3.42. The number of nitrogens with zero attached hydrogens (tertiary/aromatic N) is 1. The number of nitrogens with two attached hydrogens (primary N) is 2. The van der Waals surface area contributed by atoms with E-state index in [-0.39, 0.29) is 25.3 Å². The van der Waals surface area contributed by atoms with Crippen LogP contribution in [0.4, 0.5) is 0 Å². The normalized spacial score (nSPS) is 21.8. The van der Waals surface area contributed by atoms with Crippen molar-refractivity contribution < 1.29 is 33.9 Å². The predicted octanol–water partition coefficient (Wildman–Crippen LogP) is -4.40. The van der Waals surface area contributed by atoms with Crippen LogP contribution in [0.5, 0.6) is 0 Å². The predicted molar refractivity (Wildman–Crippen MR) is 132 cm³/mol. The Labute approximate surface area is 214 Å². The lowest BCUT2D eigenvalue weighted by atomic mass is 10.1. The summed E-state index contributed by atoms with van der Waals surface area (Å²) in [7, 11) is 1.78. The molecule has 0 bridgehead atoms. The van der Waals surface area contributed by atoms with E-state index >= 15 is 0 Å². The second-order valence-electron chi connectivity index (χ2n) is 8.38. The molecule has 16 nitrogen and oxygen atoms in total. The molecule has 0 aromatic carbocycles. The molecule has 0 aromatic heterocycles. The number of amides is 5. The van der Waals surface area contributed by atoms with Crippen LogP contribution in [0.1, 0.15) is 38.5 Å². The minimum Gasteiger partial charge on any atom is -0.481 e. The minimum absolute atomic E-state index is 0.123. The Bertz CT molecular complexity index is 861. The molecule has 37 heavy (non-hydrogen) atoms. The lowest BCUT2D eigenvalue weighted by molar-refractivity contribution is -0.140. The molecule has 208 valence electrons. The summed E-state index contributed by atoms with van der Waals surface area (Å²) >= 11 is 0. The first-order valence-corrected chi connectivity index (χ1v) is 11.9. The van der Waals surface area contributed by atoms with Crippen LogP contribution < -0.4 is 43.4 Å². The Morgan fingerprint density at radius 3 is 1.97 bits per heavy atom. The van der Waals surface area contributed by atoms with Gasteiger partial charge in [-0.25, -0.2) is 0 Å². The number of rotatable bonds is 11. The molecule has 1 heterocycles. The van der Waals surface area contributed by atoms with Gasteiger partial charge in [-0.15, -0.1) is 0 Å². The fraction of sp³-hybridized carbons (Fsp3) is 0.667. The number of carbonyl (C=O) groups excluding carboxylic acids is 5. The number of carboxylic acid groups (broad SMARTS) is 1. The summed E-state index contributed by atoms with van der Waals surface area (Å²) in [6.07, 6.45) is 1.26. The van der Waals surface area contributed by atoms with E-state index in [4.69, 9.17) is 16.6 Å². The first-order chi connectivity index (χ1) is 17.5. The molecule has 0 spiro atoms. The van der Waals surface area contributed by atoms with Crippen LogP contribution in [0.25, 0.3) is 0 Å². The van der Waals surface area contributed by atoms with Gasteiger partial charge in [-0.2, -0.15) is 0 Å². The first-order valence-electron chi connectivity index (χ1n) is 11.9. The molecule has 1 aliphatic rings. The molecule has 0 radical (unpaired) electrons. The quantitative estimate of drug-likeness (QED) is 0.0707. The molecule has 3 atom stereocenters. The molecule has 1 rings (SSSR count). The number of hydrogen-bond donors (Lipinski definition) is 9. The van der Waals surface area contributed by atoms with Gasteiger partial charge in [0.15, 0.2) is 5.96 Å². The number of aliphatic carboxylic acids is 1. The average Bonchev–Trinajstić information content (AvgIpc) is 2.83. The molecule has 3 unspecified atom stereocenters. The summed E-state index contributed by atoms with van der Waals surface area (Å²) in [5.74, 6) is -5.23. The number of nitrogens with one attached hydrogen (secondary N) is 6. The smallest absolute Gasteiger partial charge is 0.305 e. The maximum Gasteiger partial charge on any atom is 0.305 e. The number of guanidine groups is 1. The van der Waals surface area contributed by atoms with E-state index in [0.29, 0.717) is 19.4 Å². The second-order valence-corrected chi connectivity index (χ2v) is 8.38. The molecule has 0 aliphatic carbocycles. The third-order valence-electron chi connectivity index (χ3n) is 5.28. The number of carboxylic acids is 1. The highest BCUT2D eigenvalue weighted by Gasteiger charge is 2.29. The lowest BCUT2D eigenvalue weighted by Gasteiger charge is -2.23. The van der Waals surface area contributed by atoms with Gasteiger partial charge >= 0.3 is 5.97 Å². The van der Waals surface area contributed by atoms with Gasteiger partial charge in [0.05, 0.1) is 19.5 Å². The maximum absolute atomic E-state index is 13.0. The van der Waals surface area contributed by atoms with Gasteiger partial charge in [-0.05, 0) is 45.7 Å². The van der Waals surface area contributed by atoms with E-state index in [1.54, 1.807) is 7.05 Å². The zero-order valence-electron chi connectivity index (χ0n) is 20.8. The Kier molecular flexibility index (Phi) is 14.0. The fourth-order valence-corrected chi connectivity index (χ4v) is 3.42. The summed E-state index contributed by atoms with van der Waals surface area (Å²) in [6, 6.07) is -3.56. The summed E-state index contributed by atoms with van der Waals surface area (Å²) < 4.78 is 0. The van der Waals surface area contributed by atoms with Crippen molar-refractivity contribution in [1.29, 1.82) is 0 Å². The van der Waals surface area contributed by atoms with Crippen LogP contribution >= 0.6 is 0 Å². The van der Waals surface area contributed by atoms with Crippen molar-refractivity contribution in [2.75, 3.05) is 33.2 Å². The van der Waals surface area contributed by atoms with Gasteiger partial charge in [-0.1, -0.05) is 0 Å². The van der Waals surface area contributed by atoms with E-state index in [1.165, 1.54) is 0 Å². The number of hydrogen-bond acceptors (Lipinski definition) is 8. The monoisotopic (exact) mass is 527 g/mol. The summed E-state index contributed by atoms with van der Waals surface area (Å²) in [5.41, 5.74) is 10.6. The average molecular weight is 528 g/mol. The van der Waals surface area contributed by atoms with E-state index in [1.807, 2.05) is 0 Å². The molecular formula is C21H37N9O7. The van der Waals surface area contributed by atoms with Gasteiger partial charge in [-0.3, -0.25) is 33.8 Å². The van der Waals surface area contributed by atoms with Gasteiger partial charge < -0.3 is 48.5 Å². The third-order valence-corrected chi connectivity index (χ3v) is 5.28. The molecular weight excluding hydrogens is 490 g/mol. The van der Waals surface area contributed by atoms with Crippen LogP contribution in [-0.4, -0.2) is 97.9 Å². The van der Waals surface area contributed by atoms with Crippen LogP contribution in [0.15, 0.2) is 4.99 Å². The van der Waals surface area contributed by atoms with Crippen molar-refractivity contribution in [2.24, 2.45) is 16.5 Å². The zero-order valence-corrected chi connectivity index (χ0v) is 20.8. The maximum atomic E-state index is 13.0. The molecule has 1 aliphatic heterocycles. The van der Waals surface area contributed by atoms with Crippen LogP contribution in [-0.2, 0) is 28.8 Å². The minimum atomic E-state index is -1.48. The number of aliphatic imine (C=N–C) groups is 1. The van der Waals surface area contributed by atoms with Crippen molar-refractivity contribution in [3.8, 4) is 0 Å². The Balaban J connectivity index is 3.13. The summed E-state index contributed by atoms with van der Waals surface area (Å²) in [4.78, 5) is 78.0. The molecule has 0 aromatic rings. The van der Waals surface area contributed by atoms with Gasteiger partial charge in [0.1, 0.15) is 18.1 Å². The number of carbonyl (C=O) groups is 6. The van der Waals surface area contributed by atoms with Crippen molar-refractivity contribution >= 4 is 41.5 Å². The largest absolute Gasteiger partial charge is 0.481 e. The first kappa shape index (κ1) is 31.1. The highest BCUT2D eigenvalue weighted by atomic mass is 16.4. The molecule has 11 N–H and O–H groups in total. The SMILES string of the molecule is CNCCCCC1NC(=O)CNC(=O)C(CC(=O)O)NC(=O)CNC(=O)C(CCCN=C(N)N)NC1=O. The Hall–Kier alpha value is -3.95. The van der Waals surface area contributed by atoms with E-state index in [2.05, 4.69) is 36.9 Å². The van der Waals surface area contributed by atoms with Crippen molar-refractivity contribution in [3.05, 3.63) is 0 Å². The highest BCUT2D eigenvalue weighted by molar-refractivity contribution is 5.97. The van der Waals surface area contributed by atoms with Crippen LogP contribution in [0.2, 0.25) is 0 Å². The topological polar surface area (TPSA) is 259 Å². The third kappa shape index (κ3) is 13.1. The van der Waals surface area contributed by atoms with Crippen LogP contribution in [0, 0.1) is 0 Å².